The molecule has 7 nitrogen and oxygen atoms in total. The van der Waals surface area contributed by atoms with Gasteiger partial charge < -0.3 is 16.2 Å². The predicted octanol–water partition coefficient (Wildman–Crippen LogP) is 3.42. The standard InChI is InChI=1S/C20H20FN3O4S2/c1-20(2,26)11-7-8-12(14(21)9-11)15-10-13(18(22)25)19(29-15)24-16-5-4-6-17(23-16)30(3,27)28/h4-10,26H,1-3H3,(H2,22,25)(H,23,24). The lowest BCUT2D eigenvalue weighted by atomic mass is 9.96. The summed E-state index contributed by atoms with van der Waals surface area (Å²) >= 11 is 1.07. The Morgan fingerprint density at radius 1 is 1.23 bits per heavy atom. The number of aromatic nitrogens is 1. The maximum Gasteiger partial charge on any atom is 0.251 e. The van der Waals surface area contributed by atoms with E-state index in [1.807, 2.05) is 0 Å². The van der Waals surface area contributed by atoms with E-state index in [9.17, 15) is 22.7 Å². The summed E-state index contributed by atoms with van der Waals surface area (Å²) in [5, 5.41) is 13.1. The molecule has 2 aromatic heterocycles. The van der Waals surface area contributed by atoms with Crippen molar-refractivity contribution in [1.29, 1.82) is 0 Å². The van der Waals surface area contributed by atoms with Gasteiger partial charge in [-0.3, -0.25) is 4.79 Å². The minimum Gasteiger partial charge on any atom is -0.386 e. The van der Waals surface area contributed by atoms with Gasteiger partial charge in [-0.25, -0.2) is 17.8 Å². The molecule has 1 amide bonds. The fraction of sp³-hybridized carbons (Fsp3) is 0.200. The van der Waals surface area contributed by atoms with Crippen LogP contribution in [0.25, 0.3) is 10.4 Å². The van der Waals surface area contributed by atoms with E-state index >= 15 is 0 Å². The van der Waals surface area contributed by atoms with E-state index in [0.717, 1.165) is 17.6 Å². The molecule has 4 N–H and O–H groups in total. The average Bonchev–Trinajstić information content (AvgIpc) is 3.04. The Bertz CT molecular complexity index is 1230. The molecule has 0 aliphatic rings. The van der Waals surface area contributed by atoms with E-state index in [1.54, 1.807) is 19.9 Å². The van der Waals surface area contributed by atoms with Crippen molar-refractivity contribution in [2.45, 2.75) is 24.5 Å². The van der Waals surface area contributed by atoms with E-state index in [0.29, 0.717) is 15.4 Å². The second-order valence-corrected chi connectivity index (χ2v) is 10.2. The van der Waals surface area contributed by atoms with Crippen LogP contribution in [0.15, 0.2) is 47.5 Å². The van der Waals surface area contributed by atoms with Gasteiger partial charge in [0.15, 0.2) is 14.9 Å². The lowest BCUT2D eigenvalue weighted by Gasteiger charge is -2.18. The molecule has 0 aliphatic carbocycles. The molecule has 30 heavy (non-hydrogen) atoms. The molecular weight excluding hydrogens is 429 g/mol. The summed E-state index contributed by atoms with van der Waals surface area (Å²) in [6.45, 7) is 3.11. The quantitative estimate of drug-likeness (QED) is 0.530. The third-order valence-corrected chi connectivity index (χ3v) is 6.35. The van der Waals surface area contributed by atoms with E-state index in [1.165, 1.54) is 36.4 Å². The summed E-state index contributed by atoms with van der Waals surface area (Å²) in [7, 11) is -3.51. The van der Waals surface area contributed by atoms with E-state index < -0.39 is 27.2 Å². The summed E-state index contributed by atoms with van der Waals surface area (Å²) in [5.74, 6) is -1.09. The van der Waals surface area contributed by atoms with Crippen molar-refractivity contribution in [1.82, 2.24) is 4.98 Å². The number of carbonyl (C=O) groups excluding carboxylic acids is 1. The molecule has 0 atom stereocenters. The molecule has 0 saturated heterocycles. The van der Waals surface area contributed by atoms with Crippen molar-refractivity contribution in [3.63, 3.8) is 0 Å². The van der Waals surface area contributed by atoms with Gasteiger partial charge in [-0.1, -0.05) is 18.2 Å². The lowest BCUT2D eigenvalue weighted by molar-refractivity contribution is 0.0782. The number of nitrogens with two attached hydrogens (primary N) is 1. The van der Waals surface area contributed by atoms with E-state index in [4.69, 9.17) is 5.73 Å². The monoisotopic (exact) mass is 449 g/mol. The summed E-state index contributed by atoms with van der Waals surface area (Å²) in [4.78, 5) is 16.4. The van der Waals surface area contributed by atoms with Gasteiger partial charge >= 0.3 is 0 Å². The number of benzene rings is 1. The minimum atomic E-state index is -3.51. The van der Waals surface area contributed by atoms with Gasteiger partial charge in [0.1, 0.15) is 16.6 Å². The van der Waals surface area contributed by atoms with Crippen LogP contribution in [0.2, 0.25) is 0 Å². The van der Waals surface area contributed by atoms with Crippen molar-refractivity contribution in [2.24, 2.45) is 5.73 Å². The zero-order valence-corrected chi connectivity index (χ0v) is 18.1. The van der Waals surface area contributed by atoms with Crippen LogP contribution in [0.3, 0.4) is 0 Å². The molecule has 0 aliphatic heterocycles. The smallest absolute Gasteiger partial charge is 0.251 e. The van der Waals surface area contributed by atoms with Crippen LogP contribution in [0.1, 0.15) is 29.8 Å². The lowest BCUT2D eigenvalue weighted by Crippen LogP contribution is -2.15. The predicted molar refractivity (Wildman–Crippen MR) is 114 cm³/mol. The van der Waals surface area contributed by atoms with Crippen LogP contribution in [-0.4, -0.2) is 30.7 Å². The van der Waals surface area contributed by atoms with Crippen LogP contribution in [0.5, 0.6) is 0 Å². The highest BCUT2D eigenvalue weighted by Gasteiger charge is 2.21. The first-order valence-corrected chi connectivity index (χ1v) is 11.5. The average molecular weight is 450 g/mol. The normalized spacial score (nSPS) is 12.0. The molecule has 0 bridgehead atoms. The number of halogens is 1. The zero-order valence-electron chi connectivity index (χ0n) is 16.4. The number of anilines is 2. The van der Waals surface area contributed by atoms with Crippen LogP contribution in [0.4, 0.5) is 15.2 Å². The van der Waals surface area contributed by atoms with Crippen LogP contribution in [0, 0.1) is 5.82 Å². The number of primary amides is 1. The van der Waals surface area contributed by atoms with Crippen LogP contribution in [-0.2, 0) is 15.4 Å². The summed E-state index contributed by atoms with van der Waals surface area (Å²) < 4.78 is 38.1. The Morgan fingerprint density at radius 3 is 2.50 bits per heavy atom. The topological polar surface area (TPSA) is 122 Å². The van der Waals surface area contributed by atoms with Gasteiger partial charge in [0.25, 0.3) is 5.91 Å². The highest BCUT2D eigenvalue weighted by Crippen LogP contribution is 2.38. The number of carbonyl (C=O) groups is 1. The Balaban J connectivity index is 2.02. The van der Waals surface area contributed by atoms with Crippen molar-refractivity contribution in [3.8, 4) is 10.4 Å². The van der Waals surface area contributed by atoms with Gasteiger partial charge in [-0.2, -0.15) is 0 Å². The third kappa shape index (κ3) is 4.66. The number of hydrogen-bond donors (Lipinski definition) is 3. The van der Waals surface area contributed by atoms with Gasteiger partial charge in [0.2, 0.25) is 0 Å². The Morgan fingerprint density at radius 2 is 1.93 bits per heavy atom. The highest BCUT2D eigenvalue weighted by atomic mass is 32.2. The van der Waals surface area contributed by atoms with Gasteiger partial charge in [0.05, 0.1) is 11.2 Å². The van der Waals surface area contributed by atoms with Gasteiger partial charge in [-0.05, 0) is 43.7 Å². The van der Waals surface area contributed by atoms with Gasteiger partial charge in [-0.15, -0.1) is 11.3 Å². The Labute approximate surface area is 177 Å². The fourth-order valence-corrected chi connectivity index (χ4v) is 4.39. The molecule has 0 spiro atoms. The Kier molecular flexibility index (Phi) is 5.68. The van der Waals surface area contributed by atoms with Crippen molar-refractivity contribution in [3.05, 3.63) is 59.4 Å². The molecule has 2 heterocycles. The number of nitrogens with zero attached hydrogens (tertiary/aromatic N) is 1. The maximum atomic E-state index is 14.7. The van der Waals surface area contributed by atoms with E-state index in [2.05, 4.69) is 10.3 Å². The molecule has 158 valence electrons. The molecule has 3 aromatic rings. The maximum absolute atomic E-state index is 14.7. The number of aliphatic hydroxyl groups is 1. The second-order valence-electron chi connectivity index (χ2n) is 7.23. The first kappa shape index (κ1) is 21.9. The molecule has 3 rings (SSSR count). The SMILES string of the molecule is CC(C)(O)c1ccc(-c2cc(C(N)=O)c(Nc3cccc(S(C)(=O)=O)n3)s2)c(F)c1. The van der Waals surface area contributed by atoms with Crippen molar-refractivity contribution < 1.29 is 22.7 Å². The van der Waals surface area contributed by atoms with Crippen molar-refractivity contribution in [2.75, 3.05) is 11.6 Å². The van der Waals surface area contributed by atoms with Gasteiger partial charge in [0, 0.05) is 16.7 Å². The molecular formula is C20H20FN3O4S2. The van der Waals surface area contributed by atoms with Crippen LogP contribution >= 0.6 is 11.3 Å². The molecule has 0 unspecified atom stereocenters. The first-order chi connectivity index (χ1) is 13.9. The summed E-state index contributed by atoms with van der Waals surface area (Å²) in [6.07, 6.45) is 1.04. The molecule has 0 fully saturated rings. The number of amides is 1. The number of pyridine rings is 1. The minimum absolute atomic E-state index is 0.118. The number of sulfone groups is 1. The van der Waals surface area contributed by atoms with Crippen molar-refractivity contribution >= 4 is 37.9 Å². The summed E-state index contributed by atoms with van der Waals surface area (Å²) in [6, 6.07) is 10.2. The molecule has 0 saturated carbocycles. The summed E-state index contributed by atoms with van der Waals surface area (Å²) in [5.41, 5.74) is 5.03. The fourth-order valence-electron chi connectivity index (χ4n) is 2.70. The zero-order chi connectivity index (χ0) is 22.3. The first-order valence-electron chi connectivity index (χ1n) is 8.77. The largest absolute Gasteiger partial charge is 0.386 e. The molecule has 10 heteroatoms. The number of hydrogen-bond acceptors (Lipinski definition) is 7. The van der Waals surface area contributed by atoms with E-state index in [-0.39, 0.29) is 22.0 Å². The molecule has 1 aromatic carbocycles. The second kappa shape index (κ2) is 7.78. The number of nitrogens with one attached hydrogen (secondary N) is 1. The number of thiophene rings is 1. The molecule has 0 radical (unpaired) electrons. The Hall–Kier alpha value is -2.82. The van der Waals surface area contributed by atoms with Crippen LogP contribution < -0.4 is 11.1 Å². The highest BCUT2D eigenvalue weighted by molar-refractivity contribution is 7.90. The number of rotatable bonds is 6. The third-order valence-electron chi connectivity index (χ3n) is 4.28.